The average Bonchev–Trinajstić information content (AvgIpc) is 2.39. The van der Waals surface area contributed by atoms with Crippen LogP contribution in [0, 0.1) is 0 Å². The van der Waals surface area contributed by atoms with Crippen molar-refractivity contribution < 1.29 is 9.90 Å². The first kappa shape index (κ1) is 14.7. The molecule has 100 valence electrons. The molecule has 18 heavy (non-hydrogen) atoms. The summed E-state index contributed by atoms with van der Waals surface area (Å²) in [4.78, 5) is 11.5. The monoisotopic (exact) mass is 250 g/mol. The van der Waals surface area contributed by atoms with Gasteiger partial charge in [0, 0.05) is 12.6 Å². The number of aliphatic hydroxyl groups excluding tert-OH is 1. The van der Waals surface area contributed by atoms with E-state index in [-0.39, 0.29) is 18.5 Å². The fourth-order valence-electron chi connectivity index (χ4n) is 1.54. The van der Waals surface area contributed by atoms with Gasteiger partial charge in [0.15, 0.2) is 0 Å². The molecule has 2 atom stereocenters. The smallest absolute Gasteiger partial charge is 0.234 e. The molecule has 0 fully saturated rings. The first-order valence-corrected chi connectivity index (χ1v) is 6.36. The fourth-order valence-corrected chi connectivity index (χ4v) is 1.54. The quantitative estimate of drug-likeness (QED) is 0.682. The lowest BCUT2D eigenvalue weighted by Crippen LogP contribution is -2.39. The Balaban J connectivity index is 2.23. The van der Waals surface area contributed by atoms with Gasteiger partial charge >= 0.3 is 0 Å². The Hall–Kier alpha value is -1.39. The number of hydrogen-bond donors (Lipinski definition) is 3. The molecule has 0 bridgehead atoms. The Kier molecular flexibility index (Phi) is 6.39. The highest BCUT2D eigenvalue weighted by molar-refractivity contribution is 5.78. The van der Waals surface area contributed by atoms with E-state index in [1.807, 2.05) is 44.2 Å². The summed E-state index contributed by atoms with van der Waals surface area (Å²) in [6, 6.07) is 9.60. The third kappa shape index (κ3) is 5.29. The molecule has 2 unspecified atom stereocenters. The van der Waals surface area contributed by atoms with E-state index >= 15 is 0 Å². The second kappa shape index (κ2) is 7.84. The van der Waals surface area contributed by atoms with Crippen LogP contribution < -0.4 is 10.6 Å². The van der Waals surface area contributed by atoms with Gasteiger partial charge in [-0.3, -0.25) is 4.79 Å². The molecule has 1 aromatic rings. The van der Waals surface area contributed by atoms with Crippen LogP contribution in [0.1, 0.15) is 31.9 Å². The van der Waals surface area contributed by atoms with Crippen LogP contribution in [0.5, 0.6) is 0 Å². The van der Waals surface area contributed by atoms with Gasteiger partial charge in [0.05, 0.1) is 12.6 Å². The molecule has 0 saturated heterocycles. The number of rotatable bonds is 7. The summed E-state index contributed by atoms with van der Waals surface area (Å²) < 4.78 is 0. The Bertz CT molecular complexity index is 354. The molecule has 1 rings (SSSR count). The SMILES string of the molecule is CCC(C)NC(=O)CNCC(O)c1ccccc1. The molecule has 0 aromatic heterocycles. The highest BCUT2D eigenvalue weighted by atomic mass is 16.3. The molecule has 3 N–H and O–H groups in total. The minimum Gasteiger partial charge on any atom is -0.387 e. The summed E-state index contributed by atoms with van der Waals surface area (Å²) in [5, 5.41) is 15.7. The minimum atomic E-state index is -0.581. The lowest BCUT2D eigenvalue weighted by Gasteiger charge is -2.14. The normalized spacial score (nSPS) is 13.9. The van der Waals surface area contributed by atoms with E-state index in [1.165, 1.54) is 0 Å². The van der Waals surface area contributed by atoms with Gasteiger partial charge in [0.25, 0.3) is 0 Å². The van der Waals surface area contributed by atoms with Crippen LogP contribution >= 0.6 is 0 Å². The minimum absolute atomic E-state index is 0.0374. The van der Waals surface area contributed by atoms with Crippen LogP contribution in [0.15, 0.2) is 30.3 Å². The van der Waals surface area contributed by atoms with Crippen LogP contribution in [0.3, 0.4) is 0 Å². The van der Waals surface area contributed by atoms with E-state index in [1.54, 1.807) is 0 Å². The second-order valence-corrected chi connectivity index (χ2v) is 4.43. The molecule has 0 saturated carbocycles. The molecular formula is C14H22N2O2. The Morgan fingerprint density at radius 3 is 2.61 bits per heavy atom. The van der Waals surface area contributed by atoms with Crippen molar-refractivity contribution in [2.45, 2.75) is 32.4 Å². The maximum atomic E-state index is 11.5. The number of carbonyl (C=O) groups is 1. The number of hydrogen-bond acceptors (Lipinski definition) is 3. The van der Waals surface area contributed by atoms with Gasteiger partial charge in [0.1, 0.15) is 0 Å². The van der Waals surface area contributed by atoms with Crippen molar-refractivity contribution in [1.29, 1.82) is 0 Å². The zero-order valence-electron chi connectivity index (χ0n) is 11.0. The van der Waals surface area contributed by atoms with Gasteiger partial charge in [-0.05, 0) is 18.9 Å². The van der Waals surface area contributed by atoms with Crippen LogP contribution in [0.25, 0.3) is 0 Å². The maximum Gasteiger partial charge on any atom is 0.234 e. The van der Waals surface area contributed by atoms with Crippen molar-refractivity contribution in [1.82, 2.24) is 10.6 Å². The molecule has 1 amide bonds. The molecule has 0 spiro atoms. The van der Waals surface area contributed by atoms with Crippen molar-refractivity contribution in [2.24, 2.45) is 0 Å². The number of aliphatic hydroxyl groups is 1. The van der Waals surface area contributed by atoms with Gasteiger partial charge in [-0.25, -0.2) is 0 Å². The predicted octanol–water partition coefficient (Wildman–Crippen LogP) is 1.22. The van der Waals surface area contributed by atoms with E-state index in [4.69, 9.17) is 0 Å². The molecule has 4 heteroatoms. The van der Waals surface area contributed by atoms with Crippen LogP contribution in [-0.4, -0.2) is 30.1 Å². The molecule has 0 aliphatic heterocycles. The summed E-state index contributed by atoms with van der Waals surface area (Å²) >= 11 is 0. The van der Waals surface area contributed by atoms with E-state index in [2.05, 4.69) is 10.6 Å². The summed E-state index contributed by atoms with van der Waals surface area (Å²) in [6.07, 6.45) is 0.334. The highest BCUT2D eigenvalue weighted by Crippen LogP contribution is 2.10. The molecule has 0 aliphatic rings. The van der Waals surface area contributed by atoms with Crippen LogP contribution in [-0.2, 0) is 4.79 Å². The molecule has 4 nitrogen and oxygen atoms in total. The Labute approximate surface area is 108 Å². The zero-order chi connectivity index (χ0) is 13.4. The molecule has 0 aliphatic carbocycles. The van der Waals surface area contributed by atoms with Crippen molar-refractivity contribution in [3.8, 4) is 0 Å². The van der Waals surface area contributed by atoms with E-state index < -0.39 is 6.10 Å². The van der Waals surface area contributed by atoms with Crippen molar-refractivity contribution in [3.05, 3.63) is 35.9 Å². The van der Waals surface area contributed by atoms with Crippen molar-refractivity contribution >= 4 is 5.91 Å². The largest absolute Gasteiger partial charge is 0.387 e. The van der Waals surface area contributed by atoms with Gasteiger partial charge in [0.2, 0.25) is 5.91 Å². The van der Waals surface area contributed by atoms with Gasteiger partial charge < -0.3 is 15.7 Å². The Morgan fingerprint density at radius 2 is 2.00 bits per heavy atom. The number of benzene rings is 1. The molecule has 0 radical (unpaired) electrons. The maximum absolute atomic E-state index is 11.5. The first-order chi connectivity index (χ1) is 8.63. The standard InChI is InChI=1S/C14H22N2O2/c1-3-11(2)16-14(18)10-15-9-13(17)12-7-5-4-6-8-12/h4-8,11,13,15,17H,3,9-10H2,1-2H3,(H,16,18). The van der Waals surface area contributed by atoms with Gasteiger partial charge in [-0.2, -0.15) is 0 Å². The summed E-state index contributed by atoms with van der Waals surface area (Å²) in [5.74, 6) is -0.0374. The average molecular weight is 250 g/mol. The Morgan fingerprint density at radius 1 is 1.33 bits per heavy atom. The summed E-state index contributed by atoms with van der Waals surface area (Å²) in [7, 11) is 0. The highest BCUT2D eigenvalue weighted by Gasteiger charge is 2.08. The number of nitrogens with one attached hydrogen (secondary N) is 2. The lowest BCUT2D eigenvalue weighted by molar-refractivity contribution is -0.120. The second-order valence-electron chi connectivity index (χ2n) is 4.43. The lowest BCUT2D eigenvalue weighted by atomic mass is 10.1. The number of amides is 1. The predicted molar refractivity (Wildman–Crippen MR) is 72.2 cm³/mol. The van der Waals surface area contributed by atoms with Gasteiger partial charge in [-0.15, -0.1) is 0 Å². The van der Waals surface area contributed by atoms with Crippen molar-refractivity contribution in [3.63, 3.8) is 0 Å². The topological polar surface area (TPSA) is 61.4 Å². The number of carbonyl (C=O) groups excluding carboxylic acids is 1. The van der Waals surface area contributed by atoms with E-state index in [0.29, 0.717) is 6.54 Å². The summed E-state index contributed by atoms with van der Waals surface area (Å²) in [6.45, 7) is 4.60. The molecular weight excluding hydrogens is 228 g/mol. The van der Waals surface area contributed by atoms with Gasteiger partial charge in [-0.1, -0.05) is 37.3 Å². The van der Waals surface area contributed by atoms with Crippen LogP contribution in [0.4, 0.5) is 0 Å². The van der Waals surface area contributed by atoms with Crippen molar-refractivity contribution in [2.75, 3.05) is 13.1 Å². The summed E-state index contributed by atoms with van der Waals surface area (Å²) in [5.41, 5.74) is 0.854. The molecule has 0 heterocycles. The third-order valence-electron chi connectivity index (χ3n) is 2.83. The zero-order valence-corrected chi connectivity index (χ0v) is 11.0. The van der Waals surface area contributed by atoms with E-state index in [9.17, 15) is 9.90 Å². The fraction of sp³-hybridized carbons (Fsp3) is 0.500. The first-order valence-electron chi connectivity index (χ1n) is 6.36. The van der Waals surface area contributed by atoms with E-state index in [0.717, 1.165) is 12.0 Å². The van der Waals surface area contributed by atoms with Crippen LogP contribution in [0.2, 0.25) is 0 Å². The molecule has 1 aromatic carbocycles. The third-order valence-corrected chi connectivity index (χ3v) is 2.83.